The third-order valence-corrected chi connectivity index (χ3v) is 5.34. The molecule has 0 bridgehead atoms. The van der Waals surface area contributed by atoms with Gasteiger partial charge >= 0.3 is 0 Å². The number of rotatable bonds is 10. The molecular weight excluding hydrogens is 376 g/mol. The number of unbranched alkanes of at least 4 members (excludes halogenated alkanes) is 1. The highest BCUT2D eigenvalue weighted by Gasteiger charge is 2.26. The van der Waals surface area contributed by atoms with Gasteiger partial charge in [-0.05, 0) is 56.9 Å². The fourth-order valence-electron chi connectivity index (χ4n) is 3.23. The van der Waals surface area contributed by atoms with Crippen LogP contribution in [0.25, 0.3) is 0 Å². The molecule has 30 heavy (non-hydrogen) atoms. The van der Waals surface area contributed by atoms with Crippen molar-refractivity contribution < 1.29 is 14.3 Å². The Morgan fingerprint density at radius 3 is 2.53 bits per heavy atom. The van der Waals surface area contributed by atoms with Gasteiger partial charge in [0.1, 0.15) is 11.8 Å². The highest BCUT2D eigenvalue weighted by molar-refractivity contribution is 5.88. The smallest absolute Gasteiger partial charge is 0.261 e. The number of nitrogens with zero attached hydrogens (tertiary/aromatic N) is 1. The first-order valence-corrected chi connectivity index (χ1v) is 10.6. The van der Waals surface area contributed by atoms with Gasteiger partial charge < -0.3 is 15.0 Å². The molecule has 0 spiro atoms. The number of carbonyl (C=O) groups excluding carboxylic acids is 2. The molecule has 0 radical (unpaired) electrons. The van der Waals surface area contributed by atoms with Gasteiger partial charge in [0.15, 0.2) is 6.61 Å². The largest absolute Gasteiger partial charge is 0.483 e. The zero-order valence-corrected chi connectivity index (χ0v) is 18.8. The van der Waals surface area contributed by atoms with E-state index in [0.29, 0.717) is 18.8 Å². The summed E-state index contributed by atoms with van der Waals surface area (Å²) in [7, 11) is 0. The quantitative estimate of drug-likeness (QED) is 0.593. The van der Waals surface area contributed by atoms with E-state index in [9.17, 15) is 9.59 Å². The molecule has 0 aliphatic carbocycles. The molecular formula is C25H34N2O3. The van der Waals surface area contributed by atoms with Gasteiger partial charge in [0.05, 0.1) is 0 Å². The molecule has 2 aromatic carbocycles. The Labute approximate surface area is 180 Å². The SMILES string of the molecule is CCCCNC(=O)[C@H](C)N(Cc1cccc(C)c1)C(=O)COc1cccc(C)c1C. The molecule has 1 atom stereocenters. The Balaban J connectivity index is 2.15. The molecule has 0 saturated carbocycles. The van der Waals surface area contributed by atoms with Crippen molar-refractivity contribution in [2.45, 2.75) is 60.0 Å². The lowest BCUT2D eigenvalue weighted by Crippen LogP contribution is -2.49. The van der Waals surface area contributed by atoms with E-state index in [-0.39, 0.29) is 18.4 Å². The molecule has 0 fully saturated rings. The van der Waals surface area contributed by atoms with Crippen LogP contribution in [-0.4, -0.2) is 35.9 Å². The highest BCUT2D eigenvalue weighted by atomic mass is 16.5. The third-order valence-electron chi connectivity index (χ3n) is 5.34. The van der Waals surface area contributed by atoms with Crippen LogP contribution in [0.1, 0.15) is 48.9 Å². The van der Waals surface area contributed by atoms with E-state index in [1.807, 2.05) is 63.2 Å². The molecule has 162 valence electrons. The maximum absolute atomic E-state index is 13.1. The number of ether oxygens (including phenoxy) is 1. The van der Waals surface area contributed by atoms with Gasteiger partial charge in [-0.3, -0.25) is 9.59 Å². The summed E-state index contributed by atoms with van der Waals surface area (Å²) in [5, 5.41) is 2.93. The first kappa shape index (κ1) is 23.5. The van der Waals surface area contributed by atoms with Crippen LogP contribution < -0.4 is 10.1 Å². The lowest BCUT2D eigenvalue weighted by atomic mass is 10.1. The van der Waals surface area contributed by atoms with Crippen LogP contribution in [0.5, 0.6) is 5.75 Å². The molecule has 0 unspecified atom stereocenters. The van der Waals surface area contributed by atoms with Gasteiger partial charge in [0.25, 0.3) is 5.91 Å². The second kappa shape index (κ2) is 11.4. The minimum Gasteiger partial charge on any atom is -0.483 e. The molecule has 5 heteroatoms. The normalized spacial score (nSPS) is 11.6. The molecule has 0 heterocycles. The maximum Gasteiger partial charge on any atom is 0.261 e. The number of nitrogens with one attached hydrogen (secondary N) is 1. The monoisotopic (exact) mass is 410 g/mol. The van der Waals surface area contributed by atoms with Crippen LogP contribution in [0.15, 0.2) is 42.5 Å². The predicted octanol–water partition coefficient (Wildman–Crippen LogP) is 4.32. The summed E-state index contributed by atoms with van der Waals surface area (Å²) in [6.45, 7) is 10.7. The number of amides is 2. The van der Waals surface area contributed by atoms with Crippen molar-refractivity contribution in [1.82, 2.24) is 10.2 Å². The second-order valence-corrected chi connectivity index (χ2v) is 7.82. The lowest BCUT2D eigenvalue weighted by Gasteiger charge is -2.29. The Morgan fingerprint density at radius 1 is 1.10 bits per heavy atom. The predicted molar refractivity (Wildman–Crippen MR) is 121 cm³/mol. The fourth-order valence-corrected chi connectivity index (χ4v) is 3.23. The number of benzene rings is 2. The van der Waals surface area contributed by atoms with Crippen LogP contribution in [0, 0.1) is 20.8 Å². The summed E-state index contributed by atoms with van der Waals surface area (Å²) in [5.41, 5.74) is 4.23. The van der Waals surface area contributed by atoms with Crippen molar-refractivity contribution in [3.8, 4) is 5.75 Å². The van der Waals surface area contributed by atoms with Crippen molar-refractivity contribution in [1.29, 1.82) is 0 Å². The van der Waals surface area contributed by atoms with Crippen LogP contribution in [-0.2, 0) is 16.1 Å². The van der Waals surface area contributed by atoms with Crippen LogP contribution in [0.4, 0.5) is 0 Å². The number of carbonyl (C=O) groups is 2. The number of aryl methyl sites for hydroxylation is 2. The van der Waals surface area contributed by atoms with Gasteiger partial charge in [-0.1, -0.05) is 55.3 Å². The summed E-state index contributed by atoms with van der Waals surface area (Å²) in [6, 6.07) is 13.2. The third kappa shape index (κ3) is 6.61. The van der Waals surface area contributed by atoms with Crippen LogP contribution in [0.2, 0.25) is 0 Å². The van der Waals surface area contributed by atoms with Crippen LogP contribution in [0.3, 0.4) is 0 Å². The van der Waals surface area contributed by atoms with Crippen molar-refractivity contribution in [3.63, 3.8) is 0 Å². The Kier molecular flexibility index (Phi) is 8.90. The van der Waals surface area contributed by atoms with E-state index >= 15 is 0 Å². The molecule has 0 saturated heterocycles. The summed E-state index contributed by atoms with van der Waals surface area (Å²) < 4.78 is 5.83. The standard InChI is InChI=1S/C25H34N2O3/c1-6-7-14-26-25(29)21(5)27(16-22-12-8-10-18(2)15-22)24(28)17-30-23-13-9-11-19(3)20(23)4/h8-13,15,21H,6-7,14,16-17H2,1-5H3,(H,26,29)/t21-/m0/s1. The van der Waals surface area contributed by atoms with E-state index in [1.54, 1.807) is 11.8 Å². The van der Waals surface area contributed by atoms with Crippen molar-refractivity contribution in [3.05, 3.63) is 64.7 Å². The second-order valence-electron chi connectivity index (χ2n) is 7.82. The zero-order valence-electron chi connectivity index (χ0n) is 18.8. The molecule has 0 aliphatic heterocycles. The first-order valence-electron chi connectivity index (χ1n) is 10.6. The average Bonchev–Trinajstić information content (AvgIpc) is 2.72. The topological polar surface area (TPSA) is 58.6 Å². The minimum absolute atomic E-state index is 0.108. The number of hydrogen-bond donors (Lipinski definition) is 1. The summed E-state index contributed by atoms with van der Waals surface area (Å²) >= 11 is 0. The zero-order chi connectivity index (χ0) is 22.1. The molecule has 2 aromatic rings. The van der Waals surface area contributed by atoms with Crippen LogP contribution >= 0.6 is 0 Å². The van der Waals surface area contributed by atoms with Crippen molar-refractivity contribution in [2.24, 2.45) is 0 Å². The van der Waals surface area contributed by atoms with Gasteiger partial charge in [0.2, 0.25) is 5.91 Å². The van der Waals surface area contributed by atoms with E-state index in [1.165, 1.54) is 0 Å². The summed E-state index contributed by atoms with van der Waals surface area (Å²) in [6.07, 6.45) is 1.92. The Bertz CT molecular complexity index is 863. The highest BCUT2D eigenvalue weighted by Crippen LogP contribution is 2.21. The molecule has 0 aliphatic rings. The average molecular weight is 411 g/mol. The first-order chi connectivity index (χ1) is 14.3. The summed E-state index contributed by atoms with van der Waals surface area (Å²) in [5.74, 6) is 0.339. The van der Waals surface area contributed by atoms with Gasteiger partial charge in [-0.15, -0.1) is 0 Å². The fraction of sp³-hybridized carbons (Fsp3) is 0.440. The van der Waals surface area contributed by atoms with E-state index < -0.39 is 6.04 Å². The Morgan fingerprint density at radius 2 is 1.83 bits per heavy atom. The Hall–Kier alpha value is -2.82. The minimum atomic E-state index is -0.586. The molecule has 2 rings (SSSR count). The number of hydrogen-bond acceptors (Lipinski definition) is 3. The molecule has 2 amide bonds. The molecule has 5 nitrogen and oxygen atoms in total. The van der Waals surface area contributed by atoms with E-state index in [4.69, 9.17) is 4.74 Å². The maximum atomic E-state index is 13.1. The molecule has 0 aromatic heterocycles. The summed E-state index contributed by atoms with van der Waals surface area (Å²) in [4.78, 5) is 27.3. The van der Waals surface area contributed by atoms with Crippen molar-refractivity contribution in [2.75, 3.05) is 13.2 Å². The molecule has 1 N–H and O–H groups in total. The van der Waals surface area contributed by atoms with E-state index in [0.717, 1.165) is 35.1 Å². The van der Waals surface area contributed by atoms with E-state index in [2.05, 4.69) is 12.2 Å². The van der Waals surface area contributed by atoms with Gasteiger partial charge in [0, 0.05) is 13.1 Å². The lowest BCUT2D eigenvalue weighted by molar-refractivity contribution is -0.142. The van der Waals surface area contributed by atoms with Crippen molar-refractivity contribution >= 4 is 11.8 Å². The van der Waals surface area contributed by atoms with Gasteiger partial charge in [-0.25, -0.2) is 0 Å². The van der Waals surface area contributed by atoms with Gasteiger partial charge in [-0.2, -0.15) is 0 Å².